The highest BCUT2D eigenvalue weighted by atomic mass is 19.2. The van der Waals surface area contributed by atoms with Gasteiger partial charge in [0.1, 0.15) is 11.5 Å². The van der Waals surface area contributed by atoms with Crippen LogP contribution in [0.25, 0.3) is 5.70 Å². The lowest BCUT2D eigenvalue weighted by Gasteiger charge is -2.30. The molecule has 6 heteroatoms. The SMILES string of the molecule is C=C1c2ccc(F)c(F)c2N=C(CC)N1c1ccn(C)n1. The molecule has 0 atom stereocenters. The van der Waals surface area contributed by atoms with Crippen molar-refractivity contribution >= 4 is 23.0 Å². The Morgan fingerprint density at radius 3 is 2.62 bits per heavy atom. The lowest BCUT2D eigenvalue weighted by Crippen LogP contribution is -2.31. The Hall–Kier alpha value is -2.50. The minimum atomic E-state index is -0.944. The smallest absolute Gasteiger partial charge is 0.185 e. The number of rotatable bonds is 2. The summed E-state index contributed by atoms with van der Waals surface area (Å²) >= 11 is 0. The molecule has 4 nitrogen and oxygen atoms in total. The summed E-state index contributed by atoms with van der Waals surface area (Å²) in [7, 11) is 1.81. The number of hydrogen-bond acceptors (Lipinski definition) is 3. The van der Waals surface area contributed by atoms with Gasteiger partial charge in [0, 0.05) is 31.3 Å². The van der Waals surface area contributed by atoms with Gasteiger partial charge in [-0.05, 0) is 12.1 Å². The topological polar surface area (TPSA) is 33.4 Å². The molecule has 0 radical (unpaired) electrons. The van der Waals surface area contributed by atoms with Crippen LogP contribution < -0.4 is 4.90 Å². The molecule has 0 spiro atoms. The highest BCUT2D eigenvalue weighted by Gasteiger charge is 2.28. The molecule has 0 unspecified atom stereocenters. The summed E-state index contributed by atoms with van der Waals surface area (Å²) in [4.78, 5) is 6.02. The molecule has 1 aromatic carbocycles. The van der Waals surface area contributed by atoms with Gasteiger partial charge >= 0.3 is 0 Å². The van der Waals surface area contributed by atoms with E-state index in [0.717, 1.165) is 6.07 Å². The van der Waals surface area contributed by atoms with Crippen LogP contribution in [0.1, 0.15) is 18.9 Å². The van der Waals surface area contributed by atoms with Crippen LogP contribution in [-0.4, -0.2) is 15.6 Å². The molecule has 0 aliphatic carbocycles. The molecule has 0 amide bonds. The highest BCUT2D eigenvalue weighted by molar-refractivity contribution is 6.12. The number of aromatic nitrogens is 2. The summed E-state index contributed by atoms with van der Waals surface area (Å²) in [6, 6.07) is 4.39. The average molecular weight is 288 g/mol. The fourth-order valence-electron chi connectivity index (χ4n) is 2.37. The van der Waals surface area contributed by atoms with E-state index < -0.39 is 11.6 Å². The molecule has 0 fully saturated rings. The first-order valence-corrected chi connectivity index (χ1v) is 6.57. The second-order valence-corrected chi connectivity index (χ2v) is 4.77. The summed E-state index contributed by atoms with van der Waals surface area (Å²) in [6.07, 6.45) is 2.35. The van der Waals surface area contributed by atoms with Gasteiger partial charge in [0.05, 0.1) is 5.70 Å². The predicted octanol–water partition coefficient (Wildman–Crippen LogP) is 3.63. The highest BCUT2D eigenvalue weighted by Crippen LogP contribution is 2.38. The van der Waals surface area contributed by atoms with Crippen molar-refractivity contribution in [3.05, 3.63) is 48.2 Å². The fraction of sp³-hybridized carbons (Fsp3) is 0.200. The Labute approximate surface area is 121 Å². The molecule has 2 heterocycles. The van der Waals surface area contributed by atoms with Crippen molar-refractivity contribution in [2.75, 3.05) is 4.90 Å². The van der Waals surface area contributed by atoms with E-state index in [1.165, 1.54) is 6.07 Å². The molecular weight excluding hydrogens is 274 g/mol. The predicted molar refractivity (Wildman–Crippen MR) is 78.5 cm³/mol. The summed E-state index contributed by atoms with van der Waals surface area (Å²) in [6.45, 7) is 5.89. The van der Waals surface area contributed by atoms with Gasteiger partial charge in [-0.15, -0.1) is 0 Å². The largest absolute Gasteiger partial charge is 0.281 e. The zero-order valence-electron chi connectivity index (χ0n) is 11.8. The van der Waals surface area contributed by atoms with Crippen LogP contribution in [0, 0.1) is 11.6 Å². The van der Waals surface area contributed by atoms with Crippen LogP contribution in [-0.2, 0) is 7.05 Å². The Bertz CT molecular complexity index is 761. The number of fused-ring (bicyclic) bond motifs is 1. The Morgan fingerprint density at radius 1 is 1.24 bits per heavy atom. The normalized spacial score (nSPS) is 14.2. The van der Waals surface area contributed by atoms with Crippen LogP contribution in [0.15, 0.2) is 36.0 Å². The maximum absolute atomic E-state index is 13.9. The van der Waals surface area contributed by atoms with Crippen LogP contribution in [0.2, 0.25) is 0 Å². The molecule has 108 valence electrons. The van der Waals surface area contributed by atoms with Crippen molar-refractivity contribution in [1.82, 2.24) is 9.78 Å². The first kappa shape index (κ1) is 13.5. The van der Waals surface area contributed by atoms with Gasteiger partial charge in [-0.25, -0.2) is 13.8 Å². The van der Waals surface area contributed by atoms with Crippen molar-refractivity contribution < 1.29 is 8.78 Å². The van der Waals surface area contributed by atoms with Crippen LogP contribution in [0.5, 0.6) is 0 Å². The molecule has 2 aromatic rings. The second kappa shape index (κ2) is 4.80. The maximum atomic E-state index is 13.9. The minimum Gasteiger partial charge on any atom is -0.281 e. The molecule has 0 saturated heterocycles. The van der Waals surface area contributed by atoms with E-state index >= 15 is 0 Å². The molecule has 0 N–H and O–H groups in total. The first-order valence-electron chi connectivity index (χ1n) is 6.57. The fourth-order valence-corrected chi connectivity index (χ4v) is 2.37. The lowest BCUT2D eigenvalue weighted by atomic mass is 10.1. The van der Waals surface area contributed by atoms with Gasteiger partial charge < -0.3 is 0 Å². The van der Waals surface area contributed by atoms with E-state index in [1.807, 2.05) is 20.0 Å². The standard InChI is InChI=1S/C15H14F2N4/c1-4-12-18-15-10(5-6-11(16)14(15)17)9(2)21(12)13-7-8-20(3)19-13/h5-8H,2,4H2,1,3H3. The number of amidine groups is 1. The number of nitrogens with zero attached hydrogens (tertiary/aromatic N) is 4. The number of aryl methyl sites for hydroxylation is 1. The van der Waals surface area contributed by atoms with Crippen LogP contribution in [0.3, 0.4) is 0 Å². The summed E-state index contributed by atoms with van der Waals surface area (Å²) in [5, 5.41) is 4.33. The van der Waals surface area contributed by atoms with Crippen molar-refractivity contribution in [1.29, 1.82) is 0 Å². The minimum absolute atomic E-state index is 0.00373. The van der Waals surface area contributed by atoms with Crippen LogP contribution in [0.4, 0.5) is 20.3 Å². The third kappa shape index (κ3) is 2.03. The zero-order valence-corrected chi connectivity index (χ0v) is 11.8. The van der Waals surface area contributed by atoms with Gasteiger partial charge in [0.25, 0.3) is 0 Å². The third-order valence-electron chi connectivity index (χ3n) is 3.39. The summed E-state index contributed by atoms with van der Waals surface area (Å²) in [5.41, 5.74) is 1.01. The number of halogens is 2. The van der Waals surface area contributed by atoms with Crippen LogP contribution >= 0.6 is 0 Å². The number of anilines is 1. The third-order valence-corrected chi connectivity index (χ3v) is 3.39. The second-order valence-electron chi connectivity index (χ2n) is 4.77. The van der Waals surface area contributed by atoms with Crippen molar-refractivity contribution in [3.63, 3.8) is 0 Å². The number of hydrogen-bond donors (Lipinski definition) is 0. The van der Waals surface area contributed by atoms with Crippen molar-refractivity contribution in [3.8, 4) is 0 Å². The zero-order chi connectivity index (χ0) is 15.1. The molecule has 0 saturated carbocycles. The Kier molecular flexibility index (Phi) is 3.08. The van der Waals surface area contributed by atoms with Crippen molar-refractivity contribution in [2.24, 2.45) is 12.0 Å². The Morgan fingerprint density at radius 2 is 2.00 bits per heavy atom. The first-order chi connectivity index (χ1) is 10.0. The summed E-state index contributed by atoms with van der Waals surface area (Å²) in [5.74, 6) is -0.624. The number of benzene rings is 1. The van der Waals surface area contributed by atoms with E-state index in [1.54, 1.807) is 15.8 Å². The molecule has 3 rings (SSSR count). The molecule has 1 aliphatic heterocycles. The summed E-state index contributed by atoms with van der Waals surface area (Å²) < 4.78 is 29.0. The van der Waals surface area contributed by atoms with Gasteiger partial charge in [-0.3, -0.25) is 9.58 Å². The van der Waals surface area contributed by atoms with Crippen molar-refractivity contribution in [2.45, 2.75) is 13.3 Å². The maximum Gasteiger partial charge on any atom is 0.185 e. The van der Waals surface area contributed by atoms with Gasteiger partial charge in [-0.2, -0.15) is 5.10 Å². The quantitative estimate of drug-likeness (QED) is 0.845. The molecule has 1 aliphatic rings. The average Bonchev–Trinajstić information content (AvgIpc) is 2.89. The van der Waals surface area contributed by atoms with E-state index in [-0.39, 0.29) is 5.69 Å². The lowest BCUT2D eigenvalue weighted by molar-refractivity contribution is 0.510. The van der Waals surface area contributed by atoms with E-state index in [9.17, 15) is 8.78 Å². The molecule has 0 bridgehead atoms. The van der Waals surface area contributed by atoms with Gasteiger partial charge in [0.2, 0.25) is 0 Å². The molecular formula is C15H14F2N4. The molecule has 21 heavy (non-hydrogen) atoms. The Balaban J connectivity index is 2.19. The molecule has 1 aromatic heterocycles. The van der Waals surface area contributed by atoms with E-state index in [4.69, 9.17) is 0 Å². The number of aliphatic imine (C=N–C) groups is 1. The van der Waals surface area contributed by atoms with Gasteiger partial charge in [0.15, 0.2) is 17.5 Å². The monoisotopic (exact) mass is 288 g/mol. The van der Waals surface area contributed by atoms with Gasteiger partial charge in [-0.1, -0.05) is 13.5 Å². The van der Waals surface area contributed by atoms with E-state index in [0.29, 0.717) is 29.3 Å². The van der Waals surface area contributed by atoms with E-state index in [2.05, 4.69) is 16.7 Å².